The number of ketones is 2. The highest BCUT2D eigenvalue weighted by Gasteiger charge is 2.72. The molecule has 6 N–H and O–H groups in total. The van der Waals surface area contributed by atoms with Gasteiger partial charge in [0.05, 0.1) is 16.7 Å². The number of carbonyl (C=O) groups excluding carboxylic acids is 3. The minimum atomic E-state index is -6.79. The first-order valence-corrected chi connectivity index (χ1v) is 17.3. The summed E-state index contributed by atoms with van der Waals surface area (Å²) in [6.07, 6.45) is -32.2. The van der Waals surface area contributed by atoms with Crippen molar-refractivity contribution in [3.8, 4) is 0 Å². The fourth-order valence-corrected chi connectivity index (χ4v) is 6.40. The topological polar surface area (TPSA) is 190 Å². The van der Waals surface area contributed by atoms with Gasteiger partial charge in [-0.3, -0.25) is 14.4 Å². The number of Topliss-reactive ketones (excluding diaryl/α,β-unsaturated/α-hetero) is 1. The summed E-state index contributed by atoms with van der Waals surface area (Å²) in [7, 11) is 0.852. The zero-order valence-electron chi connectivity index (χ0n) is 32.0. The van der Waals surface area contributed by atoms with Gasteiger partial charge in [0, 0.05) is 46.2 Å². The molecule has 0 aliphatic rings. The molecule has 0 bridgehead atoms. The van der Waals surface area contributed by atoms with E-state index in [-0.39, 0.29) is 36.4 Å². The van der Waals surface area contributed by atoms with Crippen molar-refractivity contribution in [1.29, 1.82) is 0 Å². The Balaban J connectivity index is 2.01. The van der Waals surface area contributed by atoms with Crippen molar-refractivity contribution < 1.29 is 110 Å². The molecule has 1 atom stereocenters. The van der Waals surface area contributed by atoms with Gasteiger partial charge in [0.25, 0.3) is 17.1 Å². The molecular formula is C39H25F15N2O9. The van der Waals surface area contributed by atoms with Crippen LogP contribution in [-0.2, 0) is 11.2 Å². The summed E-state index contributed by atoms with van der Waals surface area (Å²) in [6.45, 7) is 0.800. The molecule has 0 saturated heterocycles. The molecule has 4 aromatic rings. The molecule has 0 saturated carbocycles. The number of anilines is 2. The average Bonchev–Trinajstić information content (AvgIpc) is 3.16. The molecule has 26 heteroatoms. The predicted molar refractivity (Wildman–Crippen MR) is 191 cm³/mol. The molecule has 65 heavy (non-hydrogen) atoms. The number of nitrogens with one attached hydrogen (secondary N) is 2. The van der Waals surface area contributed by atoms with Crippen molar-refractivity contribution in [1.82, 2.24) is 0 Å². The molecule has 0 aliphatic carbocycles. The summed E-state index contributed by atoms with van der Waals surface area (Å²) in [5.74, 6) is -11.8. The van der Waals surface area contributed by atoms with Gasteiger partial charge in [-0.15, -0.1) is 0 Å². The largest absolute Gasteiger partial charge is 0.478 e. The van der Waals surface area contributed by atoms with E-state index in [1.165, 1.54) is 0 Å². The smallest absolute Gasteiger partial charge is 0.430 e. The molecule has 0 heterocycles. The van der Waals surface area contributed by atoms with Gasteiger partial charge >= 0.3 is 42.8 Å². The Labute approximate surface area is 352 Å². The van der Waals surface area contributed by atoms with Crippen LogP contribution in [0, 0.1) is 0 Å². The summed E-state index contributed by atoms with van der Waals surface area (Å²) in [5, 5.41) is 42.9. The first kappa shape index (κ1) is 50.9. The number of hydrogen-bond donors (Lipinski definition) is 6. The fraction of sp³-hybridized carbons (Fsp3) is 0.256. The van der Waals surface area contributed by atoms with E-state index in [4.69, 9.17) is 0 Å². The maximum absolute atomic E-state index is 14.7. The number of carboxylic acid groups (broad SMARTS) is 2. The number of rotatable bonds is 12. The van der Waals surface area contributed by atoms with Crippen molar-refractivity contribution in [3.05, 3.63) is 128 Å². The van der Waals surface area contributed by atoms with Crippen molar-refractivity contribution in [2.75, 3.05) is 17.7 Å². The molecule has 4 aromatic carbocycles. The highest BCUT2D eigenvalue weighted by Crippen LogP contribution is 2.52. The Hall–Kier alpha value is -6.70. The normalized spacial score (nSPS) is 13.5. The third kappa shape index (κ3) is 9.57. The van der Waals surface area contributed by atoms with Crippen molar-refractivity contribution in [2.24, 2.45) is 0 Å². The molecular weight excluding hydrogens is 925 g/mol. The lowest BCUT2D eigenvalue weighted by Crippen LogP contribution is -2.54. The Kier molecular flexibility index (Phi) is 13.3. The van der Waals surface area contributed by atoms with Crippen molar-refractivity contribution in [3.63, 3.8) is 0 Å². The Bertz CT molecular complexity index is 2550. The van der Waals surface area contributed by atoms with E-state index in [1.807, 2.05) is 5.32 Å². The van der Waals surface area contributed by atoms with Crippen LogP contribution in [0.2, 0.25) is 0 Å². The lowest BCUT2D eigenvalue weighted by atomic mass is 9.86. The Morgan fingerprint density at radius 2 is 0.877 bits per heavy atom. The number of amides is 1. The second kappa shape index (κ2) is 17.0. The van der Waals surface area contributed by atoms with E-state index in [1.54, 1.807) is 5.32 Å². The molecule has 1 amide bonds. The average molecular weight is 951 g/mol. The summed E-state index contributed by atoms with van der Waals surface area (Å²) in [5.41, 5.74) is -27.6. The van der Waals surface area contributed by atoms with E-state index in [0.29, 0.717) is 36.4 Å². The number of carboxylic acids is 2. The zero-order chi connectivity index (χ0) is 49.8. The number of alkyl halides is 15. The van der Waals surface area contributed by atoms with E-state index < -0.39 is 144 Å². The first-order chi connectivity index (χ1) is 29.4. The summed E-state index contributed by atoms with van der Waals surface area (Å²) in [4.78, 5) is 63.3. The van der Waals surface area contributed by atoms with Gasteiger partial charge in [-0.05, 0) is 78.7 Å². The standard InChI is InChI=1S/C39H25F15N2O9/c1-15(57)26-11-16(3-5-24(26)31(60)61)28(35(40,41)42)17-4-6-25(32(62)63)27(12-17)30(59)56-23-10-19(8-21(14-23)34(65,38(49,50)51)39(52,53)54)29(58)18-7-20(13-22(9-18)55-2)33(64,36(43,44)45)37(46,47)48/h3-14,28,55,64-65H,1-2H3,(H,56,59)(H,60,61)(H,62,63). The van der Waals surface area contributed by atoms with Crippen LogP contribution in [0.1, 0.15) is 92.4 Å². The van der Waals surface area contributed by atoms with Crippen LogP contribution >= 0.6 is 0 Å². The molecule has 11 nitrogen and oxygen atoms in total. The second-order valence-electron chi connectivity index (χ2n) is 13.8. The van der Waals surface area contributed by atoms with Crippen LogP contribution < -0.4 is 10.6 Å². The number of halogens is 15. The molecule has 0 fully saturated rings. The number of hydrogen-bond acceptors (Lipinski definition) is 8. The van der Waals surface area contributed by atoms with Gasteiger partial charge in [0.2, 0.25) is 0 Å². The van der Waals surface area contributed by atoms with Crippen LogP contribution in [0.15, 0.2) is 72.8 Å². The van der Waals surface area contributed by atoms with Gasteiger partial charge in [0.15, 0.2) is 11.6 Å². The van der Waals surface area contributed by atoms with E-state index >= 15 is 0 Å². The lowest BCUT2D eigenvalue weighted by Gasteiger charge is -2.33. The number of benzene rings is 4. The van der Waals surface area contributed by atoms with Crippen LogP contribution in [0.5, 0.6) is 0 Å². The van der Waals surface area contributed by atoms with E-state index in [2.05, 4.69) is 0 Å². The Morgan fingerprint density at radius 1 is 0.508 bits per heavy atom. The summed E-state index contributed by atoms with van der Waals surface area (Å²) >= 11 is 0. The molecule has 0 aromatic heterocycles. The first-order valence-electron chi connectivity index (χ1n) is 17.3. The van der Waals surface area contributed by atoms with E-state index in [9.17, 15) is 110 Å². The second-order valence-corrected chi connectivity index (χ2v) is 13.8. The number of carbonyl (C=O) groups is 5. The SMILES string of the molecule is CNc1cc(C(=O)c2cc(NC(=O)c3cc(C(c4ccc(C(=O)O)c(C(C)=O)c4)C(F)(F)F)ccc3C(=O)O)cc(C(O)(C(F)(F)F)C(F)(F)F)c2)cc(C(O)(C(F)(F)F)C(F)(F)F)c1. The zero-order valence-corrected chi connectivity index (χ0v) is 32.0. The van der Waals surface area contributed by atoms with Gasteiger partial charge in [-0.25, -0.2) is 9.59 Å². The van der Waals surface area contributed by atoms with Gasteiger partial charge < -0.3 is 31.1 Å². The third-order valence-corrected chi connectivity index (χ3v) is 9.58. The highest BCUT2D eigenvalue weighted by atomic mass is 19.4. The predicted octanol–water partition coefficient (Wildman–Crippen LogP) is 9.13. The maximum atomic E-state index is 14.7. The molecule has 0 radical (unpaired) electrons. The van der Waals surface area contributed by atoms with Crippen LogP contribution in [-0.4, -0.2) is 87.8 Å². The molecule has 1 unspecified atom stereocenters. The highest BCUT2D eigenvalue weighted by molar-refractivity contribution is 6.13. The lowest BCUT2D eigenvalue weighted by molar-refractivity contribution is -0.376. The number of aliphatic hydroxyl groups is 2. The van der Waals surface area contributed by atoms with Gasteiger partial charge in [-0.1, -0.05) is 12.1 Å². The van der Waals surface area contributed by atoms with Crippen LogP contribution in [0.3, 0.4) is 0 Å². The molecule has 0 spiro atoms. The van der Waals surface area contributed by atoms with Crippen LogP contribution in [0.25, 0.3) is 0 Å². The molecule has 4 rings (SSSR count). The van der Waals surface area contributed by atoms with Crippen LogP contribution in [0.4, 0.5) is 77.2 Å². The Morgan fingerprint density at radius 3 is 1.23 bits per heavy atom. The minimum Gasteiger partial charge on any atom is -0.478 e. The molecule has 350 valence electrons. The van der Waals surface area contributed by atoms with Crippen molar-refractivity contribution >= 4 is 40.8 Å². The summed E-state index contributed by atoms with van der Waals surface area (Å²) < 4.78 is 212. The monoisotopic (exact) mass is 950 g/mol. The maximum Gasteiger partial charge on any atom is 0.430 e. The molecule has 0 aliphatic heterocycles. The number of aromatic carboxylic acids is 2. The van der Waals surface area contributed by atoms with Crippen molar-refractivity contribution in [2.45, 2.75) is 54.9 Å². The van der Waals surface area contributed by atoms with E-state index in [0.717, 1.165) is 14.0 Å². The quantitative estimate of drug-likeness (QED) is 0.0590. The fourth-order valence-electron chi connectivity index (χ4n) is 6.40. The van der Waals surface area contributed by atoms with Gasteiger partial charge in [-0.2, -0.15) is 65.9 Å². The third-order valence-electron chi connectivity index (χ3n) is 9.58. The summed E-state index contributed by atoms with van der Waals surface area (Å²) in [6, 6.07) is 2.43. The van der Waals surface area contributed by atoms with Gasteiger partial charge in [0.1, 0.15) is 5.92 Å². The minimum absolute atomic E-state index is 0.0245.